The van der Waals surface area contributed by atoms with Crippen molar-refractivity contribution in [3.63, 3.8) is 0 Å². The van der Waals surface area contributed by atoms with Gasteiger partial charge in [0.1, 0.15) is 0 Å². The maximum atomic E-state index is 3.55. The third-order valence-electron chi connectivity index (χ3n) is 5.35. The fourth-order valence-corrected chi connectivity index (χ4v) is 4.27. The molecule has 4 heteroatoms. The minimum Gasteiger partial charge on any atom is -0.314 e. The van der Waals surface area contributed by atoms with E-state index in [0.717, 1.165) is 18.1 Å². The van der Waals surface area contributed by atoms with Crippen LogP contribution in [0, 0.1) is 0 Å². The van der Waals surface area contributed by atoms with Gasteiger partial charge >= 0.3 is 0 Å². The molecule has 0 saturated carbocycles. The molecule has 0 aromatic carbocycles. The summed E-state index contributed by atoms with van der Waals surface area (Å²) in [4.78, 5) is 8.18. The predicted octanol–water partition coefficient (Wildman–Crippen LogP) is -0.578. The van der Waals surface area contributed by atoms with Crippen molar-refractivity contribution in [1.29, 1.82) is 0 Å². The molecular weight excluding hydrogens is 212 g/mol. The highest BCUT2D eigenvalue weighted by atomic mass is 15.4. The molecule has 0 radical (unpaired) electrons. The topological polar surface area (TPSA) is 21.8 Å². The highest BCUT2D eigenvalue weighted by Gasteiger charge is 2.45. The van der Waals surface area contributed by atoms with E-state index in [9.17, 15) is 0 Å². The first-order chi connectivity index (χ1) is 8.42. The molecule has 0 amide bonds. The first-order valence-electron chi connectivity index (χ1n) is 7.35. The van der Waals surface area contributed by atoms with Crippen LogP contribution in [-0.4, -0.2) is 85.2 Å². The van der Waals surface area contributed by atoms with Gasteiger partial charge in [0.05, 0.1) is 0 Å². The van der Waals surface area contributed by atoms with Crippen LogP contribution < -0.4 is 5.32 Å². The maximum Gasteiger partial charge on any atom is 0.0392 e. The number of piperazine rings is 2. The van der Waals surface area contributed by atoms with Crippen LogP contribution in [-0.2, 0) is 0 Å². The van der Waals surface area contributed by atoms with Gasteiger partial charge in [-0.1, -0.05) is 0 Å². The standard InChI is InChI=1S/C13H24N4/c1-2-11-9-17(7-6-15(11)4-1)13-10-16-5-3-14-8-12(13)16/h11-14H,1-10H2. The third kappa shape index (κ3) is 1.73. The fourth-order valence-electron chi connectivity index (χ4n) is 4.27. The van der Waals surface area contributed by atoms with E-state index in [1.165, 1.54) is 65.2 Å². The lowest BCUT2D eigenvalue weighted by Gasteiger charge is -2.56. The summed E-state index contributed by atoms with van der Waals surface area (Å²) in [6, 6.07) is 2.55. The van der Waals surface area contributed by atoms with E-state index in [4.69, 9.17) is 0 Å². The van der Waals surface area contributed by atoms with Gasteiger partial charge in [-0.3, -0.25) is 14.7 Å². The third-order valence-corrected chi connectivity index (χ3v) is 5.35. The maximum absolute atomic E-state index is 3.55. The molecule has 3 atom stereocenters. The highest BCUT2D eigenvalue weighted by molar-refractivity contribution is 5.03. The zero-order valence-electron chi connectivity index (χ0n) is 10.6. The van der Waals surface area contributed by atoms with Crippen LogP contribution in [0.4, 0.5) is 0 Å². The number of nitrogens with one attached hydrogen (secondary N) is 1. The normalized spacial score (nSPS) is 44.1. The second kappa shape index (κ2) is 4.19. The minimum absolute atomic E-state index is 0.816. The smallest absolute Gasteiger partial charge is 0.0392 e. The number of hydrogen-bond acceptors (Lipinski definition) is 4. The van der Waals surface area contributed by atoms with Crippen molar-refractivity contribution in [3.05, 3.63) is 0 Å². The average Bonchev–Trinajstić information content (AvgIpc) is 2.78. The summed E-state index contributed by atoms with van der Waals surface area (Å²) in [6.07, 6.45) is 2.87. The molecule has 0 spiro atoms. The number of fused-ring (bicyclic) bond motifs is 2. The monoisotopic (exact) mass is 236 g/mol. The van der Waals surface area contributed by atoms with E-state index in [0.29, 0.717) is 0 Å². The molecule has 17 heavy (non-hydrogen) atoms. The van der Waals surface area contributed by atoms with Crippen molar-refractivity contribution in [1.82, 2.24) is 20.0 Å². The molecule has 0 bridgehead atoms. The summed E-state index contributed by atoms with van der Waals surface area (Å²) in [7, 11) is 0. The van der Waals surface area contributed by atoms with Crippen molar-refractivity contribution in [2.45, 2.75) is 31.0 Å². The van der Waals surface area contributed by atoms with Crippen molar-refractivity contribution < 1.29 is 0 Å². The van der Waals surface area contributed by atoms with E-state index in [1.54, 1.807) is 0 Å². The fraction of sp³-hybridized carbons (Fsp3) is 1.00. The van der Waals surface area contributed by atoms with Crippen LogP contribution in [0.2, 0.25) is 0 Å². The van der Waals surface area contributed by atoms with Crippen LogP contribution in [0.25, 0.3) is 0 Å². The minimum atomic E-state index is 0.816. The van der Waals surface area contributed by atoms with E-state index in [1.807, 2.05) is 0 Å². The van der Waals surface area contributed by atoms with Gasteiger partial charge in [-0.05, 0) is 19.4 Å². The SMILES string of the molecule is C1CC2CN(C3CN4CCNCC34)CCN2C1. The van der Waals surface area contributed by atoms with Crippen LogP contribution in [0.5, 0.6) is 0 Å². The molecule has 4 aliphatic rings. The predicted molar refractivity (Wildman–Crippen MR) is 68.2 cm³/mol. The van der Waals surface area contributed by atoms with Gasteiger partial charge in [0, 0.05) is 63.9 Å². The summed E-state index contributed by atoms with van der Waals surface area (Å²) in [5.41, 5.74) is 0. The molecular formula is C13H24N4. The van der Waals surface area contributed by atoms with Crippen LogP contribution in [0.3, 0.4) is 0 Å². The Morgan fingerprint density at radius 1 is 0.824 bits per heavy atom. The first kappa shape index (κ1) is 10.7. The molecule has 4 rings (SSSR count). The van der Waals surface area contributed by atoms with Gasteiger partial charge in [-0.15, -0.1) is 0 Å². The molecule has 3 unspecified atom stereocenters. The van der Waals surface area contributed by atoms with E-state index < -0.39 is 0 Å². The van der Waals surface area contributed by atoms with E-state index in [-0.39, 0.29) is 0 Å². The molecule has 0 aromatic rings. The van der Waals surface area contributed by atoms with E-state index >= 15 is 0 Å². The molecule has 4 aliphatic heterocycles. The Hall–Kier alpha value is -0.160. The molecule has 4 fully saturated rings. The summed E-state index contributed by atoms with van der Waals surface area (Å²) in [5, 5.41) is 3.55. The van der Waals surface area contributed by atoms with Crippen LogP contribution >= 0.6 is 0 Å². The Balaban J connectivity index is 1.39. The number of rotatable bonds is 1. The van der Waals surface area contributed by atoms with Gasteiger partial charge in [0.2, 0.25) is 0 Å². The highest BCUT2D eigenvalue weighted by Crippen LogP contribution is 2.29. The summed E-state index contributed by atoms with van der Waals surface area (Å²) in [6.45, 7) is 10.3. The molecule has 1 N–H and O–H groups in total. The molecule has 0 aromatic heterocycles. The molecule has 4 saturated heterocycles. The summed E-state index contributed by atoms with van der Waals surface area (Å²) in [5.74, 6) is 0. The Labute approximate surface area is 104 Å². The zero-order valence-corrected chi connectivity index (χ0v) is 10.6. The molecule has 4 nitrogen and oxygen atoms in total. The first-order valence-corrected chi connectivity index (χ1v) is 7.35. The zero-order chi connectivity index (χ0) is 11.2. The van der Waals surface area contributed by atoms with Gasteiger partial charge in [0.25, 0.3) is 0 Å². The molecule has 96 valence electrons. The van der Waals surface area contributed by atoms with Gasteiger partial charge in [-0.2, -0.15) is 0 Å². The van der Waals surface area contributed by atoms with Crippen molar-refractivity contribution in [3.8, 4) is 0 Å². The van der Waals surface area contributed by atoms with Crippen molar-refractivity contribution in [2.75, 3.05) is 52.4 Å². The van der Waals surface area contributed by atoms with Crippen molar-refractivity contribution in [2.24, 2.45) is 0 Å². The Kier molecular flexibility index (Phi) is 2.65. The Morgan fingerprint density at radius 2 is 1.71 bits per heavy atom. The summed E-state index contributed by atoms with van der Waals surface area (Å²) >= 11 is 0. The lowest BCUT2D eigenvalue weighted by Crippen LogP contribution is -2.74. The second-order valence-corrected chi connectivity index (χ2v) is 6.16. The quantitative estimate of drug-likeness (QED) is 0.658. The lowest BCUT2D eigenvalue weighted by molar-refractivity contribution is -0.0628. The van der Waals surface area contributed by atoms with Crippen LogP contribution in [0.15, 0.2) is 0 Å². The molecule has 4 heterocycles. The van der Waals surface area contributed by atoms with Crippen LogP contribution in [0.1, 0.15) is 12.8 Å². The average molecular weight is 236 g/mol. The largest absolute Gasteiger partial charge is 0.314 e. The number of nitrogens with zero attached hydrogens (tertiary/aromatic N) is 3. The Morgan fingerprint density at radius 3 is 2.65 bits per heavy atom. The lowest BCUT2D eigenvalue weighted by atomic mass is 9.91. The summed E-state index contributed by atoms with van der Waals surface area (Å²) < 4.78 is 0. The second-order valence-electron chi connectivity index (χ2n) is 6.16. The van der Waals surface area contributed by atoms with Gasteiger partial charge in [0.15, 0.2) is 0 Å². The van der Waals surface area contributed by atoms with Gasteiger partial charge < -0.3 is 5.32 Å². The van der Waals surface area contributed by atoms with E-state index in [2.05, 4.69) is 20.0 Å². The van der Waals surface area contributed by atoms with Crippen molar-refractivity contribution >= 4 is 0 Å². The number of hydrogen-bond donors (Lipinski definition) is 1. The van der Waals surface area contributed by atoms with Gasteiger partial charge in [-0.25, -0.2) is 0 Å². The Bertz CT molecular complexity index is 295. The molecule has 0 aliphatic carbocycles.